The molecule has 4 aromatic rings. The molecule has 7 heteroatoms. The van der Waals surface area contributed by atoms with Crippen molar-refractivity contribution < 1.29 is 23.9 Å². The number of para-hydroxylation sites is 1. The minimum Gasteiger partial charge on any atom is -0.454 e. The first-order valence-corrected chi connectivity index (χ1v) is 10.9. The lowest BCUT2D eigenvalue weighted by Crippen LogP contribution is -2.28. The predicted octanol–water partition coefficient (Wildman–Crippen LogP) is 4.53. The average molecular weight is 452 g/mol. The number of rotatable bonds is 6. The van der Waals surface area contributed by atoms with Gasteiger partial charge in [0.25, 0.3) is 0 Å². The molecular weight excluding hydrogens is 432 g/mol. The smallest absolute Gasteiger partial charge is 0.338 e. The van der Waals surface area contributed by atoms with Crippen LogP contribution in [0.4, 0.5) is 5.69 Å². The minimum atomic E-state index is -0.667. The fraction of sp³-hybridized carbons (Fsp3) is 0.111. The molecule has 2 heterocycles. The molecule has 1 aliphatic heterocycles. The molecule has 0 saturated carbocycles. The summed E-state index contributed by atoms with van der Waals surface area (Å²) < 4.78 is 5.31. The predicted molar refractivity (Wildman–Crippen MR) is 127 cm³/mol. The number of amides is 2. The summed E-state index contributed by atoms with van der Waals surface area (Å²) in [4.78, 5) is 53.9. The maximum absolute atomic E-state index is 13.2. The van der Waals surface area contributed by atoms with Crippen LogP contribution < -0.4 is 4.90 Å². The van der Waals surface area contributed by atoms with E-state index in [9.17, 15) is 19.2 Å². The second-order valence-corrected chi connectivity index (χ2v) is 7.96. The molecular formula is C27H20N2O5. The van der Waals surface area contributed by atoms with E-state index in [1.165, 1.54) is 24.3 Å². The Labute approximate surface area is 195 Å². The largest absolute Gasteiger partial charge is 0.454 e. The Hall–Kier alpha value is -4.52. The third-order valence-electron chi connectivity index (χ3n) is 5.79. The quantitative estimate of drug-likeness (QED) is 0.263. The van der Waals surface area contributed by atoms with Crippen molar-refractivity contribution >= 4 is 40.2 Å². The van der Waals surface area contributed by atoms with Crippen LogP contribution in [0.3, 0.4) is 0 Å². The lowest BCUT2D eigenvalue weighted by Gasteiger charge is -2.14. The van der Waals surface area contributed by atoms with Crippen LogP contribution in [0.15, 0.2) is 78.9 Å². The van der Waals surface area contributed by atoms with Gasteiger partial charge < -0.3 is 9.72 Å². The zero-order valence-corrected chi connectivity index (χ0v) is 18.1. The number of Topliss-reactive ketones (excluding diaryl/α,β-unsaturated/α-hetero) is 1. The van der Waals surface area contributed by atoms with E-state index in [0.29, 0.717) is 16.9 Å². The molecule has 0 atom stereocenters. The lowest BCUT2D eigenvalue weighted by atomic mass is 10.0. The van der Waals surface area contributed by atoms with Gasteiger partial charge in [-0.25, -0.2) is 4.79 Å². The van der Waals surface area contributed by atoms with E-state index in [1.807, 2.05) is 54.6 Å². The van der Waals surface area contributed by atoms with Crippen molar-refractivity contribution in [2.24, 2.45) is 0 Å². The van der Waals surface area contributed by atoms with E-state index >= 15 is 0 Å². The number of benzene rings is 3. The van der Waals surface area contributed by atoms with Crippen molar-refractivity contribution in [2.75, 3.05) is 11.5 Å². The number of aromatic nitrogens is 1. The number of hydrogen-bond acceptors (Lipinski definition) is 5. The van der Waals surface area contributed by atoms with Gasteiger partial charge in [-0.2, -0.15) is 0 Å². The van der Waals surface area contributed by atoms with Gasteiger partial charge in [-0.3, -0.25) is 19.3 Å². The maximum atomic E-state index is 13.2. The molecule has 1 saturated heterocycles. The fourth-order valence-corrected chi connectivity index (χ4v) is 4.15. The number of aromatic amines is 1. The summed E-state index contributed by atoms with van der Waals surface area (Å²) in [7, 11) is 0. The van der Waals surface area contributed by atoms with Crippen molar-refractivity contribution in [1.82, 2.24) is 4.98 Å². The number of nitrogens with zero attached hydrogens (tertiary/aromatic N) is 1. The summed E-state index contributed by atoms with van der Waals surface area (Å²) in [6.45, 7) is -0.425. The molecule has 34 heavy (non-hydrogen) atoms. The van der Waals surface area contributed by atoms with Crippen molar-refractivity contribution in [3.63, 3.8) is 0 Å². The summed E-state index contributed by atoms with van der Waals surface area (Å²) >= 11 is 0. The van der Waals surface area contributed by atoms with Gasteiger partial charge in [0.2, 0.25) is 17.6 Å². The van der Waals surface area contributed by atoms with Crippen molar-refractivity contribution in [2.45, 2.75) is 12.8 Å². The highest BCUT2D eigenvalue weighted by atomic mass is 16.5. The zero-order valence-electron chi connectivity index (χ0n) is 18.1. The van der Waals surface area contributed by atoms with Gasteiger partial charge in [0, 0.05) is 23.7 Å². The summed E-state index contributed by atoms with van der Waals surface area (Å²) in [6, 6.07) is 23.0. The summed E-state index contributed by atoms with van der Waals surface area (Å²) in [5.74, 6) is -1.52. The number of anilines is 1. The number of ether oxygens (including phenoxy) is 1. The van der Waals surface area contributed by atoms with Gasteiger partial charge in [0.1, 0.15) is 0 Å². The monoisotopic (exact) mass is 452 g/mol. The molecule has 1 aromatic heterocycles. The SMILES string of the molecule is O=C(OCC(=O)c1c(-c2ccccc2)[nH]c2ccccc12)c1ccc(N2C(=O)CCC2=O)cc1. The van der Waals surface area contributed by atoms with Crippen LogP contribution in [0.1, 0.15) is 33.6 Å². The van der Waals surface area contributed by atoms with Crippen LogP contribution >= 0.6 is 0 Å². The number of nitrogens with one attached hydrogen (secondary N) is 1. The highest BCUT2D eigenvalue weighted by molar-refractivity contribution is 6.20. The second-order valence-electron chi connectivity index (χ2n) is 7.96. The van der Waals surface area contributed by atoms with E-state index in [2.05, 4.69) is 4.98 Å². The van der Waals surface area contributed by atoms with Crippen molar-refractivity contribution in [3.8, 4) is 11.3 Å². The number of ketones is 1. The molecule has 5 rings (SSSR count). The Balaban J connectivity index is 1.34. The zero-order chi connectivity index (χ0) is 23.7. The second kappa shape index (κ2) is 8.78. The molecule has 1 fully saturated rings. The Morgan fingerprint density at radius 3 is 2.18 bits per heavy atom. The fourth-order valence-electron chi connectivity index (χ4n) is 4.15. The third-order valence-corrected chi connectivity index (χ3v) is 5.79. The molecule has 7 nitrogen and oxygen atoms in total. The molecule has 0 aliphatic carbocycles. The number of carbonyl (C=O) groups excluding carboxylic acids is 4. The average Bonchev–Trinajstić information content (AvgIpc) is 3.42. The van der Waals surface area contributed by atoms with E-state index in [-0.39, 0.29) is 36.0 Å². The first kappa shape index (κ1) is 21.3. The topological polar surface area (TPSA) is 96.5 Å². The Morgan fingerprint density at radius 1 is 0.824 bits per heavy atom. The molecule has 1 aliphatic rings. The van der Waals surface area contributed by atoms with Gasteiger partial charge in [0.05, 0.1) is 22.5 Å². The Morgan fingerprint density at radius 2 is 1.47 bits per heavy atom. The Bertz CT molecular complexity index is 1400. The molecule has 0 bridgehead atoms. The number of imide groups is 1. The summed E-state index contributed by atoms with van der Waals surface area (Å²) in [6.07, 6.45) is 0.368. The number of H-pyrrole nitrogens is 1. The van der Waals surface area contributed by atoms with Crippen LogP contribution in [0.2, 0.25) is 0 Å². The first-order valence-electron chi connectivity index (χ1n) is 10.9. The van der Waals surface area contributed by atoms with Crippen LogP contribution in [0.5, 0.6) is 0 Å². The van der Waals surface area contributed by atoms with E-state index in [1.54, 1.807) is 0 Å². The Kier molecular flexibility index (Phi) is 5.51. The highest BCUT2D eigenvalue weighted by Gasteiger charge is 2.30. The minimum absolute atomic E-state index is 0.184. The molecule has 3 aromatic carbocycles. The van der Waals surface area contributed by atoms with Gasteiger partial charge in [0.15, 0.2) is 6.61 Å². The van der Waals surface area contributed by atoms with E-state index in [0.717, 1.165) is 21.4 Å². The van der Waals surface area contributed by atoms with Crippen LogP contribution in [0.25, 0.3) is 22.2 Å². The normalized spacial score (nSPS) is 13.5. The van der Waals surface area contributed by atoms with Gasteiger partial charge >= 0.3 is 5.97 Å². The number of carbonyl (C=O) groups is 4. The van der Waals surface area contributed by atoms with E-state index in [4.69, 9.17) is 4.74 Å². The van der Waals surface area contributed by atoms with Crippen molar-refractivity contribution in [1.29, 1.82) is 0 Å². The number of fused-ring (bicyclic) bond motifs is 1. The number of esters is 1. The maximum Gasteiger partial charge on any atom is 0.338 e. The van der Waals surface area contributed by atoms with Crippen LogP contribution in [0, 0.1) is 0 Å². The van der Waals surface area contributed by atoms with Gasteiger partial charge in [-0.15, -0.1) is 0 Å². The van der Waals surface area contributed by atoms with Gasteiger partial charge in [-0.1, -0.05) is 48.5 Å². The summed E-state index contributed by atoms with van der Waals surface area (Å²) in [5, 5.41) is 0.756. The summed E-state index contributed by atoms with van der Waals surface area (Å²) in [5.41, 5.74) is 3.44. The molecule has 168 valence electrons. The molecule has 0 unspecified atom stereocenters. The third kappa shape index (κ3) is 3.88. The van der Waals surface area contributed by atoms with E-state index < -0.39 is 12.6 Å². The number of hydrogen-bond donors (Lipinski definition) is 1. The first-order chi connectivity index (χ1) is 16.5. The lowest BCUT2D eigenvalue weighted by molar-refractivity contribution is -0.121. The standard InChI is InChI=1S/C27H20N2O5/c30-22(25-20-8-4-5-9-21(20)28-26(25)17-6-2-1-3-7-17)16-34-27(33)18-10-12-19(13-11-18)29-23(31)14-15-24(29)32/h1-13,28H,14-16H2. The van der Waals surface area contributed by atoms with Gasteiger partial charge in [-0.05, 0) is 35.9 Å². The molecule has 0 spiro atoms. The molecule has 1 N–H and O–H groups in total. The highest BCUT2D eigenvalue weighted by Crippen LogP contribution is 2.31. The molecule has 2 amide bonds. The molecule has 0 radical (unpaired) electrons. The van der Waals surface area contributed by atoms with Crippen LogP contribution in [-0.2, 0) is 14.3 Å². The van der Waals surface area contributed by atoms with Crippen molar-refractivity contribution in [3.05, 3.63) is 90.0 Å². The van der Waals surface area contributed by atoms with Crippen LogP contribution in [-0.4, -0.2) is 35.2 Å².